The highest BCUT2D eigenvalue weighted by molar-refractivity contribution is 7.87. The SMILES string of the molecule is CNC(=O)[C@H](CNC(=O)OCc1ccccc1)c1ccc(NS(=O)(=O)O)cc1. The molecule has 0 saturated carbocycles. The molecule has 0 aromatic heterocycles. The Bertz CT molecular complexity index is 901. The number of hydrogen-bond donors (Lipinski definition) is 4. The van der Waals surface area contributed by atoms with Crippen molar-refractivity contribution in [3.05, 3.63) is 65.7 Å². The Morgan fingerprint density at radius 2 is 1.71 bits per heavy atom. The number of anilines is 1. The highest BCUT2D eigenvalue weighted by Crippen LogP contribution is 2.19. The first-order valence-electron chi connectivity index (χ1n) is 8.30. The summed E-state index contributed by atoms with van der Waals surface area (Å²) in [6.07, 6.45) is -0.664. The molecule has 10 heteroatoms. The van der Waals surface area contributed by atoms with E-state index in [1.807, 2.05) is 35.1 Å². The lowest BCUT2D eigenvalue weighted by atomic mass is 9.98. The number of likely N-dealkylation sites (N-methyl/N-ethyl adjacent to an activating group) is 1. The predicted molar refractivity (Wildman–Crippen MR) is 103 cm³/mol. The van der Waals surface area contributed by atoms with Crippen LogP contribution in [-0.2, 0) is 26.4 Å². The van der Waals surface area contributed by atoms with E-state index in [-0.39, 0.29) is 24.7 Å². The quantitative estimate of drug-likeness (QED) is 0.492. The molecule has 0 saturated heterocycles. The average molecular weight is 407 g/mol. The number of ether oxygens (including phenoxy) is 1. The summed E-state index contributed by atoms with van der Waals surface area (Å²) in [6, 6.07) is 15.0. The second kappa shape index (κ2) is 9.72. The zero-order valence-electron chi connectivity index (χ0n) is 15.1. The van der Waals surface area contributed by atoms with Crippen LogP contribution in [0.15, 0.2) is 54.6 Å². The van der Waals surface area contributed by atoms with Crippen molar-refractivity contribution in [2.24, 2.45) is 0 Å². The van der Waals surface area contributed by atoms with Crippen molar-refractivity contribution >= 4 is 28.0 Å². The van der Waals surface area contributed by atoms with Crippen LogP contribution < -0.4 is 15.4 Å². The Kier molecular flexibility index (Phi) is 7.36. The van der Waals surface area contributed by atoms with Gasteiger partial charge in [-0.2, -0.15) is 8.42 Å². The third-order valence-electron chi connectivity index (χ3n) is 3.79. The molecule has 28 heavy (non-hydrogen) atoms. The summed E-state index contributed by atoms with van der Waals surface area (Å²) in [5.41, 5.74) is 1.52. The van der Waals surface area contributed by atoms with E-state index in [4.69, 9.17) is 9.29 Å². The Morgan fingerprint density at radius 1 is 1.07 bits per heavy atom. The second-order valence-corrected chi connectivity index (χ2v) is 6.96. The van der Waals surface area contributed by atoms with Gasteiger partial charge in [0.25, 0.3) is 0 Å². The van der Waals surface area contributed by atoms with Crippen LogP contribution in [0.25, 0.3) is 0 Å². The predicted octanol–water partition coefficient (Wildman–Crippen LogP) is 1.66. The van der Waals surface area contributed by atoms with Gasteiger partial charge >= 0.3 is 16.4 Å². The number of benzene rings is 2. The highest BCUT2D eigenvalue weighted by Gasteiger charge is 2.21. The maximum Gasteiger partial charge on any atom is 0.407 e. The zero-order valence-corrected chi connectivity index (χ0v) is 15.9. The number of alkyl carbamates (subject to hydrolysis) is 1. The van der Waals surface area contributed by atoms with E-state index < -0.39 is 22.3 Å². The molecule has 2 aromatic carbocycles. The molecule has 0 aliphatic heterocycles. The zero-order chi connectivity index (χ0) is 20.6. The van der Waals surface area contributed by atoms with Crippen LogP contribution >= 0.6 is 0 Å². The van der Waals surface area contributed by atoms with Gasteiger partial charge in [-0.3, -0.25) is 14.1 Å². The van der Waals surface area contributed by atoms with Gasteiger partial charge in [0.2, 0.25) is 5.91 Å². The smallest absolute Gasteiger partial charge is 0.407 e. The van der Waals surface area contributed by atoms with Crippen LogP contribution in [0.2, 0.25) is 0 Å². The summed E-state index contributed by atoms with van der Waals surface area (Å²) in [5, 5.41) is 5.06. The van der Waals surface area contributed by atoms with Crippen molar-refractivity contribution in [1.82, 2.24) is 10.6 Å². The Hall–Kier alpha value is -3.11. The fraction of sp³-hybridized carbons (Fsp3) is 0.222. The fourth-order valence-electron chi connectivity index (χ4n) is 2.43. The monoisotopic (exact) mass is 407 g/mol. The molecule has 0 radical (unpaired) electrons. The molecule has 0 aliphatic rings. The highest BCUT2D eigenvalue weighted by atomic mass is 32.2. The fourth-order valence-corrected chi connectivity index (χ4v) is 2.86. The van der Waals surface area contributed by atoms with Crippen molar-refractivity contribution in [2.75, 3.05) is 18.3 Å². The molecule has 2 rings (SSSR count). The van der Waals surface area contributed by atoms with Gasteiger partial charge in [-0.1, -0.05) is 42.5 Å². The number of rotatable bonds is 8. The number of amides is 2. The minimum Gasteiger partial charge on any atom is -0.445 e. The standard InChI is InChI=1S/C18H21N3O6S/c1-19-17(22)16(14-7-9-15(10-8-14)21-28(24,25)26)11-20-18(23)27-12-13-5-3-2-4-6-13/h2-10,16,21H,11-12H2,1H3,(H,19,22)(H,20,23)(H,24,25,26)/t16-/m1/s1. The first-order valence-corrected chi connectivity index (χ1v) is 9.74. The van der Waals surface area contributed by atoms with Gasteiger partial charge in [0.15, 0.2) is 0 Å². The number of carbonyl (C=O) groups excluding carboxylic acids is 2. The minimum absolute atomic E-state index is 0.0155. The van der Waals surface area contributed by atoms with Crippen molar-refractivity contribution < 1.29 is 27.3 Å². The van der Waals surface area contributed by atoms with Gasteiger partial charge < -0.3 is 15.4 Å². The van der Waals surface area contributed by atoms with E-state index in [1.54, 1.807) is 0 Å². The van der Waals surface area contributed by atoms with Crippen molar-refractivity contribution in [1.29, 1.82) is 0 Å². The van der Waals surface area contributed by atoms with Gasteiger partial charge in [-0.05, 0) is 23.3 Å². The first kappa shape index (κ1) is 21.2. The largest absolute Gasteiger partial charge is 0.445 e. The van der Waals surface area contributed by atoms with Gasteiger partial charge in [-0.25, -0.2) is 4.79 Å². The van der Waals surface area contributed by atoms with Gasteiger partial charge in [-0.15, -0.1) is 0 Å². The van der Waals surface area contributed by atoms with Crippen molar-refractivity contribution in [2.45, 2.75) is 12.5 Å². The summed E-state index contributed by atoms with van der Waals surface area (Å²) in [4.78, 5) is 24.1. The lowest BCUT2D eigenvalue weighted by Gasteiger charge is -2.17. The Balaban J connectivity index is 1.97. The normalized spacial score (nSPS) is 11.9. The Morgan fingerprint density at radius 3 is 2.29 bits per heavy atom. The number of nitrogens with one attached hydrogen (secondary N) is 3. The molecule has 4 N–H and O–H groups in total. The lowest BCUT2D eigenvalue weighted by Crippen LogP contribution is -2.36. The molecular formula is C18H21N3O6S. The molecule has 1 atom stereocenters. The summed E-state index contributed by atoms with van der Waals surface area (Å²) >= 11 is 0. The number of hydrogen-bond acceptors (Lipinski definition) is 5. The molecule has 0 fully saturated rings. The summed E-state index contributed by atoms with van der Waals surface area (Å²) in [5.74, 6) is -1.05. The van der Waals surface area contributed by atoms with Crippen molar-refractivity contribution in [3.8, 4) is 0 Å². The molecule has 2 amide bonds. The van der Waals surface area contributed by atoms with E-state index in [1.165, 1.54) is 31.3 Å². The molecule has 0 bridgehead atoms. The Labute approximate surface area is 163 Å². The average Bonchev–Trinajstić information content (AvgIpc) is 2.67. The van der Waals surface area contributed by atoms with Gasteiger partial charge in [0, 0.05) is 13.6 Å². The van der Waals surface area contributed by atoms with Crippen LogP contribution in [0.5, 0.6) is 0 Å². The molecule has 0 unspecified atom stereocenters. The third kappa shape index (κ3) is 6.89. The first-order chi connectivity index (χ1) is 13.3. The second-order valence-electron chi connectivity index (χ2n) is 5.81. The lowest BCUT2D eigenvalue weighted by molar-refractivity contribution is -0.121. The topological polar surface area (TPSA) is 134 Å². The molecular weight excluding hydrogens is 386 g/mol. The molecule has 0 aliphatic carbocycles. The van der Waals surface area contributed by atoms with E-state index >= 15 is 0 Å². The van der Waals surface area contributed by atoms with Gasteiger partial charge in [0.05, 0.1) is 11.6 Å². The third-order valence-corrected chi connectivity index (χ3v) is 4.28. The van der Waals surface area contributed by atoms with Crippen molar-refractivity contribution in [3.63, 3.8) is 0 Å². The molecule has 150 valence electrons. The van der Waals surface area contributed by atoms with Crippen LogP contribution in [0.3, 0.4) is 0 Å². The summed E-state index contributed by atoms with van der Waals surface area (Å²) < 4.78 is 37.5. The van der Waals surface area contributed by atoms with Crippen LogP contribution in [0.1, 0.15) is 17.0 Å². The van der Waals surface area contributed by atoms with E-state index in [9.17, 15) is 18.0 Å². The van der Waals surface area contributed by atoms with Crippen LogP contribution in [0, 0.1) is 0 Å². The minimum atomic E-state index is -4.38. The van der Waals surface area contributed by atoms with Gasteiger partial charge in [0.1, 0.15) is 6.61 Å². The molecule has 2 aromatic rings. The van der Waals surface area contributed by atoms with E-state index in [0.717, 1.165) is 5.56 Å². The summed E-state index contributed by atoms with van der Waals surface area (Å²) in [7, 11) is -2.92. The van der Waals surface area contributed by atoms with Crippen LogP contribution in [0.4, 0.5) is 10.5 Å². The van der Waals surface area contributed by atoms with Crippen LogP contribution in [-0.4, -0.2) is 38.6 Å². The number of carbonyl (C=O) groups is 2. The molecule has 0 heterocycles. The summed E-state index contributed by atoms with van der Waals surface area (Å²) in [6.45, 7) is 0.0890. The van der Waals surface area contributed by atoms with E-state index in [2.05, 4.69) is 10.6 Å². The molecule has 0 spiro atoms. The maximum atomic E-state index is 12.2. The van der Waals surface area contributed by atoms with E-state index in [0.29, 0.717) is 5.56 Å². The molecule has 9 nitrogen and oxygen atoms in total. The maximum absolute atomic E-state index is 12.2.